The third-order valence-corrected chi connectivity index (χ3v) is 6.84. The Hall–Kier alpha value is -3.54. The molecule has 3 aliphatic heterocycles. The number of oxime groups is 1. The van der Waals surface area contributed by atoms with Crippen LogP contribution in [0.25, 0.3) is 11.0 Å². The van der Waals surface area contributed by atoms with Crippen molar-refractivity contribution in [3.05, 3.63) is 51.5 Å². The van der Waals surface area contributed by atoms with Crippen LogP contribution in [0.5, 0.6) is 11.5 Å². The van der Waals surface area contributed by atoms with Gasteiger partial charge in [0.25, 0.3) is 0 Å². The number of benzene rings is 1. The van der Waals surface area contributed by atoms with Crippen molar-refractivity contribution in [2.45, 2.75) is 37.8 Å². The van der Waals surface area contributed by atoms with E-state index in [-0.39, 0.29) is 16.6 Å². The summed E-state index contributed by atoms with van der Waals surface area (Å²) in [5, 5.41) is 4.48. The van der Waals surface area contributed by atoms with Crippen molar-refractivity contribution in [2.24, 2.45) is 5.16 Å². The van der Waals surface area contributed by atoms with Crippen molar-refractivity contribution in [3.63, 3.8) is 0 Å². The van der Waals surface area contributed by atoms with Crippen LogP contribution in [0.2, 0.25) is 5.15 Å². The minimum absolute atomic E-state index is 0.255. The number of halogens is 4. The van der Waals surface area contributed by atoms with Crippen molar-refractivity contribution in [1.82, 2.24) is 14.5 Å². The van der Waals surface area contributed by atoms with Gasteiger partial charge in [-0.15, -0.1) is 13.2 Å². The molecule has 2 aromatic heterocycles. The minimum Gasteiger partial charge on any atom is -0.489 e. The van der Waals surface area contributed by atoms with E-state index in [1.807, 2.05) is 4.90 Å². The summed E-state index contributed by atoms with van der Waals surface area (Å²) in [5.74, 6) is 0.668. The van der Waals surface area contributed by atoms with E-state index >= 15 is 0 Å². The van der Waals surface area contributed by atoms with Gasteiger partial charge in [-0.25, -0.2) is 9.78 Å². The highest BCUT2D eigenvalue weighted by Crippen LogP contribution is 2.39. The molecule has 1 aromatic carbocycles. The average Bonchev–Trinajstić information content (AvgIpc) is 3.24. The van der Waals surface area contributed by atoms with E-state index in [1.165, 1.54) is 24.3 Å². The lowest BCUT2D eigenvalue weighted by Gasteiger charge is -2.38. The Kier molecular flexibility index (Phi) is 5.25. The molecule has 0 aliphatic carbocycles. The van der Waals surface area contributed by atoms with Crippen LogP contribution >= 0.6 is 11.6 Å². The summed E-state index contributed by atoms with van der Waals surface area (Å²) in [6.07, 6.45) is -3.03. The van der Waals surface area contributed by atoms with Crippen LogP contribution in [-0.2, 0) is 11.4 Å². The van der Waals surface area contributed by atoms with E-state index in [0.717, 1.165) is 0 Å². The summed E-state index contributed by atoms with van der Waals surface area (Å²) in [6, 6.07) is 7.16. The number of ether oxygens (including phenoxy) is 2. The Labute approximate surface area is 207 Å². The number of hydrogen-bond acceptors (Lipinski definition) is 8. The summed E-state index contributed by atoms with van der Waals surface area (Å²) in [6.45, 7) is 1.82. The molecule has 5 heterocycles. The van der Waals surface area contributed by atoms with Crippen molar-refractivity contribution in [2.75, 3.05) is 24.6 Å². The molecule has 13 heteroatoms. The fraction of sp³-hybridized carbons (Fsp3) is 0.391. The van der Waals surface area contributed by atoms with Gasteiger partial charge in [0.2, 0.25) is 0 Å². The number of aromatic nitrogens is 3. The van der Waals surface area contributed by atoms with E-state index in [4.69, 9.17) is 21.2 Å². The molecule has 0 N–H and O–H groups in total. The number of pyridine rings is 1. The topological polar surface area (TPSA) is 91.1 Å². The second-order valence-electron chi connectivity index (χ2n) is 8.91. The summed E-state index contributed by atoms with van der Waals surface area (Å²) < 4.78 is 48.4. The number of alkyl halides is 3. The predicted octanol–water partition coefficient (Wildman–Crippen LogP) is 3.90. The van der Waals surface area contributed by atoms with Gasteiger partial charge >= 0.3 is 12.1 Å². The molecule has 188 valence electrons. The third kappa shape index (κ3) is 4.08. The zero-order valence-electron chi connectivity index (χ0n) is 18.7. The van der Waals surface area contributed by atoms with Crippen LogP contribution in [0, 0.1) is 0 Å². The molecular weight excluding hydrogens is 503 g/mol. The normalized spacial score (nSPS) is 18.7. The van der Waals surface area contributed by atoms with Gasteiger partial charge in [-0.2, -0.15) is 4.98 Å². The minimum atomic E-state index is -4.74. The average molecular weight is 522 g/mol. The monoisotopic (exact) mass is 521 g/mol. The highest BCUT2D eigenvalue weighted by Gasteiger charge is 2.43. The quantitative estimate of drug-likeness (QED) is 0.483. The smallest absolute Gasteiger partial charge is 0.489 e. The first-order valence-electron chi connectivity index (χ1n) is 11.3. The molecule has 6 rings (SSSR count). The Balaban J connectivity index is 1.19. The van der Waals surface area contributed by atoms with Gasteiger partial charge in [-0.1, -0.05) is 16.8 Å². The molecule has 9 nitrogen and oxygen atoms in total. The first-order valence-corrected chi connectivity index (χ1v) is 11.7. The molecule has 0 amide bonds. The highest BCUT2D eigenvalue weighted by atomic mass is 35.5. The molecule has 1 saturated heterocycles. The zero-order chi connectivity index (χ0) is 25.1. The number of nitrogens with zero attached hydrogens (tertiary/aromatic N) is 5. The van der Waals surface area contributed by atoms with Crippen LogP contribution in [-0.4, -0.2) is 51.9 Å². The largest absolute Gasteiger partial charge is 0.573 e. The molecular formula is C23H19ClF3N5O4. The molecule has 3 aliphatic rings. The van der Waals surface area contributed by atoms with E-state index in [2.05, 4.69) is 19.9 Å². The zero-order valence-corrected chi connectivity index (χ0v) is 19.5. The standard InChI is InChI=1S/C23H19ClF3N5O4/c24-17-11-16-19-18(28-17)20(29-21(33)32(19)9-10-34-16)31-7-5-22(6-8-31)12-15(30-36-22)13-1-3-14(4-2-13)35-23(25,26)27/h1-4,11H,5-10,12H2. The van der Waals surface area contributed by atoms with Crippen molar-refractivity contribution in [3.8, 4) is 11.5 Å². The molecule has 36 heavy (non-hydrogen) atoms. The highest BCUT2D eigenvalue weighted by molar-refractivity contribution is 6.30. The lowest BCUT2D eigenvalue weighted by atomic mass is 9.85. The molecule has 0 radical (unpaired) electrons. The first kappa shape index (κ1) is 22.9. The van der Waals surface area contributed by atoms with Gasteiger partial charge < -0.3 is 19.2 Å². The van der Waals surface area contributed by atoms with Gasteiger partial charge in [0.05, 0.1) is 12.3 Å². The Bertz CT molecular complexity index is 1430. The summed E-state index contributed by atoms with van der Waals surface area (Å²) in [5.41, 5.74) is 1.51. The fourth-order valence-electron chi connectivity index (χ4n) is 4.91. The molecule has 0 unspecified atom stereocenters. The molecule has 3 aromatic rings. The van der Waals surface area contributed by atoms with Gasteiger partial charge in [0, 0.05) is 38.4 Å². The Morgan fingerprint density at radius 2 is 1.83 bits per heavy atom. The predicted molar refractivity (Wildman–Crippen MR) is 124 cm³/mol. The Morgan fingerprint density at radius 1 is 1.08 bits per heavy atom. The van der Waals surface area contributed by atoms with E-state index in [0.29, 0.717) is 79.4 Å². The number of hydrogen-bond donors (Lipinski definition) is 0. The SMILES string of the molecule is O=c1nc(N2CCC3(CC2)CC(c2ccc(OC(F)(F)F)cc2)=NO3)c2nc(Cl)cc3c2n1CCO3. The summed E-state index contributed by atoms with van der Waals surface area (Å²) >= 11 is 6.22. The van der Waals surface area contributed by atoms with Crippen molar-refractivity contribution in [1.29, 1.82) is 0 Å². The van der Waals surface area contributed by atoms with Crippen LogP contribution < -0.4 is 20.1 Å². The lowest BCUT2D eigenvalue weighted by Crippen LogP contribution is -2.45. The number of piperidine rings is 1. The second kappa shape index (κ2) is 8.26. The fourth-order valence-corrected chi connectivity index (χ4v) is 5.09. The summed E-state index contributed by atoms with van der Waals surface area (Å²) in [7, 11) is 0. The summed E-state index contributed by atoms with van der Waals surface area (Å²) in [4.78, 5) is 29.3. The molecule has 1 fully saturated rings. The maximum atomic E-state index is 12.7. The van der Waals surface area contributed by atoms with Gasteiger partial charge in [-0.05, 0) is 29.8 Å². The van der Waals surface area contributed by atoms with E-state index < -0.39 is 12.0 Å². The molecule has 0 bridgehead atoms. The maximum Gasteiger partial charge on any atom is 0.573 e. The Morgan fingerprint density at radius 3 is 2.56 bits per heavy atom. The molecule has 1 spiro atoms. The maximum absolute atomic E-state index is 12.7. The molecule has 0 saturated carbocycles. The first-order chi connectivity index (χ1) is 17.2. The van der Waals surface area contributed by atoms with Crippen molar-refractivity contribution < 1.29 is 27.5 Å². The van der Waals surface area contributed by atoms with E-state index in [1.54, 1.807) is 10.6 Å². The van der Waals surface area contributed by atoms with Gasteiger partial charge in [0.1, 0.15) is 39.9 Å². The second-order valence-corrected chi connectivity index (χ2v) is 9.29. The van der Waals surface area contributed by atoms with Gasteiger partial charge in [0.15, 0.2) is 5.82 Å². The van der Waals surface area contributed by atoms with Gasteiger partial charge in [-0.3, -0.25) is 4.57 Å². The third-order valence-electron chi connectivity index (χ3n) is 6.65. The molecule has 0 atom stereocenters. The van der Waals surface area contributed by atoms with E-state index in [9.17, 15) is 18.0 Å². The van der Waals surface area contributed by atoms with Crippen LogP contribution in [0.4, 0.5) is 19.0 Å². The van der Waals surface area contributed by atoms with Crippen LogP contribution in [0.3, 0.4) is 0 Å². The van der Waals surface area contributed by atoms with Crippen molar-refractivity contribution >= 4 is 34.2 Å². The van der Waals surface area contributed by atoms with Crippen LogP contribution in [0.15, 0.2) is 40.3 Å². The van der Waals surface area contributed by atoms with Crippen LogP contribution in [0.1, 0.15) is 24.8 Å². The number of anilines is 1. The lowest BCUT2D eigenvalue weighted by molar-refractivity contribution is -0.274. The number of rotatable bonds is 3.